The van der Waals surface area contributed by atoms with Crippen LogP contribution in [0.1, 0.15) is 40.3 Å². The summed E-state index contributed by atoms with van der Waals surface area (Å²) in [6.45, 7) is 4.20. The van der Waals surface area contributed by atoms with Gasteiger partial charge in [-0.1, -0.05) is 18.2 Å². The fourth-order valence-electron chi connectivity index (χ4n) is 3.93. The molecule has 3 aromatic rings. The van der Waals surface area contributed by atoms with E-state index in [-0.39, 0.29) is 11.9 Å². The molecule has 0 radical (unpaired) electrons. The highest BCUT2D eigenvalue weighted by molar-refractivity contribution is 5.96. The Morgan fingerprint density at radius 2 is 2.07 bits per heavy atom. The Morgan fingerprint density at radius 1 is 1.15 bits per heavy atom. The number of carbonyl (C=O) groups excluding carboxylic acids is 1. The van der Waals surface area contributed by atoms with Crippen LogP contribution in [0, 0.1) is 0 Å². The van der Waals surface area contributed by atoms with Crippen molar-refractivity contribution in [3.05, 3.63) is 65.1 Å². The van der Waals surface area contributed by atoms with Gasteiger partial charge in [0.15, 0.2) is 11.6 Å². The number of benzene rings is 1. The second-order valence-corrected chi connectivity index (χ2v) is 7.00. The summed E-state index contributed by atoms with van der Waals surface area (Å²) in [7, 11) is 0. The Hall–Kier alpha value is -3.06. The van der Waals surface area contributed by atoms with Gasteiger partial charge in [-0.05, 0) is 36.2 Å². The first-order valence-corrected chi connectivity index (χ1v) is 9.05. The number of amides is 1. The van der Waals surface area contributed by atoms with Gasteiger partial charge in [-0.25, -0.2) is 0 Å². The van der Waals surface area contributed by atoms with Crippen LogP contribution in [-0.4, -0.2) is 37.1 Å². The Morgan fingerprint density at radius 3 is 2.93 bits per heavy atom. The molecule has 0 fully saturated rings. The molecule has 7 nitrogen and oxygen atoms in total. The number of fused-ring (bicyclic) bond motifs is 2. The van der Waals surface area contributed by atoms with E-state index in [1.807, 2.05) is 41.3 Å². The Labute approximate surface area is 156 Å². The largest absolute Gasteiger partial charge is 0.372 e. The third-order valence-electron chi connectivity index (χ3n) is 5.21. The van der Waals surface area contributed by atoms with Crippen LogP contribution < -0.4 is 0 Å². The molecule has 5 rings (SSSR count). The van der Waals surface area contributed by atoms with Gasteiger partial charge in [0.2, 0.25) is 0 Å². The van der Waals surface area contributed by atoms with Gasteiger partial charge in [-0.15, -0.1) is 10.2 Å². The highest BCUT2D eigenvalue weighted by atomic mass is 16.5. The van der Waals surface area contributed by atoms with Crippen molar-refractivity contribution >= 4 is 5.91 Å². The minimum absolute atomic E-state index is 0.0258. The molecule has 4 heterocycles. The average molecular weight is 361 g/mol. The number of aromatic nitrogens is 4. The van der Waals surface area contributed by atoms with E-state index in [0.29, 0.717) is 26.3 Å². The van der Waals surface area contributed by atoms with Crippen LogP contribution >= 0.6 is 0 Å². The highest BCUT2D eigenvalue weighted by Crippen LogP contribution is 2.29. The van der Waals surface area contributed by atoms with Gasteiger partial charge in [0, 0.05) is 18.3 Å². The van der Waals surface area contributed by atoms with Gasteiger partial charge < -0.3 is 14.2 Å². The molecule has 2 aromatic heterocycles. The van der Waals surface area contributed by atoms with Crippen LogP contribution in [-0.2, 0) is 24.5 Å². The minimum atomic E-state index is 0.0258. The topological polar surface area (TPSA) is 73.1 Å². The summed E-state index contributed by atoms with van der Waals surface area (Å²) in [5.41, 5.74) is 3.64. The zero-order valence-corrected chi connectivity index (χ0v) is 15.0. The summed E-state index contributed by atoms with van der Waals surface area (Å²) in [5, 5.41) is 8.67. The predicted octanol–water partition coefficient (Wildman–Crippen LogP) is 2.59. The van der Waals surface area contributed by atoms with Crippen molar-refractivity contribution in [1.29, 1.82) is 0 Å². The lowest BCUT2D eigenvalue weighted by molar-refractivity contribution is 0.0678. The molecule has 0 saturated carbocycles. The molecule has 0 N–H and O–H groups in total. The van der Waals surface area contributed by atoms with E-state index < -0.39 is 0 Å². The first-order valence-electron chi connectivity index (χ1n) is 9.05. The fourth-order valence-corrected chi connectivity index (χ4v) is 3.93. The molecule has 0 spiro atoms. The number of carbonyl (C=O) groups is 1. The molecule has 0 aliphatic carbocycles. The summed E-state index contributed by atoms with van der Waals surface area (Å²) < 4.78 is 7.61. The third kappa shape index (κ3) is 2.62. The van der Waals surface area contributed by atoms with Gasteiger partial charge >= 0.3 is 0 Å². The minimum Gasteiger partial charge on any atom is -0.372 e. The number of hydrogen-bond acceptors (Lipinski definition) is 5. The van der Waals surface area contributed by atoms with E-state index in [1.54, 1.807) is 6.20 Å². The van der Waals surface area contributed by atoms with Gasteiger partial charge in [0.1, 0.15) is 5.69 Å². The monoisotopic (exact) mass is 361 g/mol. The maximum absolute atomic E-state index is 13.2. The Kier molecular flexibility index (Phi) is 3.75. The van der Waals surface area contributed by atoms with Crippen molar-refractivity contribution in [3.63, 3.8) is 0 Å². The lowest BCUT2D eigenvalue weighted by atomic mass is 10.0. The zero-order valence-electron chi connectivity index (χ0n) is 15.0. The molecule has 136 valence electrons. The molecular weight excluding hydrogens is 342 g/mol. The van der Waals surface area contributed by atoms with Crippen molar-refractivity contribution in [3.8, 4) is 11.5 Å². The van der Waals surface area contributed by atoms with Crippen molar-refractivity contribution < 1.29 is 9.53 Å². The van der Waals surface area contributed by atoms with Crippen molar-refractivity contribution in [2.45, 2.75) is 32.7 Å². The number of nitrogens with zero attached hydrogens (tertiary/aromatic N) is 5. The maximum Gasteiger partial charge on any atom is 0.254 e. The van der Waals surface area contributed by atoms with Crippen LogP contribution in [0.3, 0.4) is 0 Å². The molecule has 0 bridgehead atoms. The molecule has 1 aromatic carbocycles. The molecule has 0 saturated heterocycles. The Bertz CT molecular complexity index is 1010. The second-order valence-electron chi connectivity index (χ2n) is 7.00. The molecular formula is C20H19N5O2. The normalized spacial score (nSPS) is 18.3. The molecule has 7 heteroatoms. The zero-order chi connectivity index (χ0) is 18.4. The van der Waals surface area contributed by atoms with Gasteiger partial charge in [0.05, 0.1) is 25.8 Å². The van der Waals surface area contributed by atoms with Crippen LogP contribution in [0.25, 0.3) is 11.5 Å². The van der Waals surface area contributed by atoms with Gasteiger partial charge in [-0.3, -0.25) is 9.78 Å². The summed E-state index contributed by atoms with van der Waals surface area (Å²) in [6.07, 6.45) is 1.75. The van der Waals surface area contributed by atoms with Crippen LogP contribution in [0.5, 0.6) is 0 Å². The molecule has 1 amide bonds. The first kappa shape index (κ1) is 16.1. The van der Waals surface area contributed by atoms with E-state index in [4.69, 9.17) is 4.74 Å². The van der Waals surface area contributed by atoms with Crippen molar-refractivity contribution in [2.75, 3.05) is 6.54 Å². The van der Waals surface area contributed by atoms with Crippen LogP contribution in [0.2, 0.25) is 0 Å². The maximum atomic E-state index is 13.2. The van der Waals surface area contributed by atoms with Gasteiger partial charge in [0.25, 0.3) is 5.91 Å². The second kappa shape index (κ2) is 6.28. The van der Waals surface area contributed by atoms with E-state index in [1.165, 1.54) is 0 Å². The van der Waals surface area contributed by atoms with E-state index in [2.05, 4.69) is 26.7 Å². The molecule has 1 atom stereocenters. The average Bonchev–Trinajstić information content (AvgIpc) is 3.35. The smallest absolute Gasteiger partial charge is 0.254 e. The first-order chi connectivity index (χ1) is 13.2. The predicted molar refractivity (Wildman–Crippen MR) is 97.6 cm³/mol. The summed E-state index contributed by atoms with van der Waals surface area (Å²) in [5.74, 6) is 1.56. The molecule has 0 unspecified atom stereocenters. The number of ether oxygens (including phenoxy) is 1. The number of hydrogen-bond donors (Lipinski definition) is 0. The summed E-state index contributed by atoms with van der Waals surface area (Å²) in [4.78, 5) is 19.4. The van der Waals surface area contributed by atoms with E-state index in [0.717, 1.165) is 34.0 Å². The summed E-state index contributed by atoms with van der Waals surface area (Å²) in [6, 6.07) is 11.6. The van der Waals surface area contributed by atoms with E-state index >= 15 is 0 Å². The summed E-state index contributed by atoms with van der Waals surface area (Å²) >= 11 is 0. The van der Waals surface area contributed by atoms with Crippen molar-refractivity contribution in [1.82, 2.24) is 24.6 Å². The lowest BCUT2D eigenvalue weighted by Gasteiger charge is -2.33. The molecule has 2 aliphatic rings. The number of pyridine rings is 1. The standard InChI is InChI=1S/C20H19N5O2/c1-13-9-24(20(26)15-6-4-5-14-11-27-12-16(14)15)10-18-22-23-19(25(13)18)17-7-2-3-8-21-17/h2-8,13H,9-12H2,1H3/t13-/m0/s1. The lowest BCUT2D eigenvalue weighted by Crippen LogP contribution is -2.40. The molecule has 2 aliphatic heterocycles. The third-order valence-corrected chi connectivity index (χ3v) is 5.21. The fraction of sp³-hybridized carbons (Fsp3) is 0.300. The Balaban J connectivity index is 1.47. The van der Waals surface area contributed by atoms with Crippen molar-refractivity contribution in [2.24, 2.45) is 0 Å². The molecule has 27 heavy (non-hydrogen) atoms. The van der Waals surface area contributed by atoms with Gasteiger partial charge in [-0.2, -0.15) is 0 Å². The highest BCUT2D eigenvalue weighted by Gasteiger charge is 2.32. The van der Waals surface area contributed by atoms with Crippen LogP contribution in [0.4, 0.5) is 0 Å². The van der Waals surface area contributed by atoms with Crippen LogP contribution in [0.15, 0.2) is 42.6 Å². The quantitative estimate of drug-likeness (QED) is 0.701. The van der Waals surface area contributed by atoms with E-state index in [9.17, 15) is 4.79 Å². The number of rotatable bonds is 2. The SMILES string of the molecule is C[C@H]1CN(C(=O)c2cccc3c2COC3)Cc2nnc(-c3ccccn3)n21.